The molecule has 2 aromatic rings. The quantitative estimate of drug-likeness (QED) is 0.849. The second-order valence-electron chi connectivity index (χ2n) is 4.62. The van der Waals surface area contributed by atoms with Crippen molar-refractivity contribution in [3.05, 3.63) is 44.1 Å². The predicted molar refractivity (Wildman–Crippen MR) is 88.5 cm³/mol. The average Bonchev–Trinajstić information content (AvgIpc) is 2.82. The molecule has 0 aliphatic carbocycles. The summed E-state index contributed by atoms with van der Waals surface area (Å²) in [6.07, 6.45) is 0. The van der Waals surface area contributed by atoms with Gasteiger partial charge >= 0.3 is 0 Å². The topological polar surface area (TPSA) is 55.4 Å². The summed E-state index contributed by atoms with van der Waals surface area (Å²) in [6, 6.07) is 7.04. The van der Waals surface area contributed by atoms with Gasteiger partial charge in [-0.1, -0.05) is 0 Å². The smallest absolute Gasteiger partial charge is 0.240 e. The van der Waals surface area contributed by atoms with Crippen molar-refractivity contribution < 1.29 is 13.2 Å². The van der Waals surface area contributed by atoms with Gasteiger partial charge in [-0.3, -0.25) is 0 Å². The van der Waals surface area contributed by atoms with Gasteiger partial charge in [0.2, 0.25) is 10.0 Å². The lowest BCUT2D eigenvalue weighted by Gasteiger charge is -2.12. The lowest BCUT2D eigenvalue weighted by Crippen LogP contribution is -2.23. The fraction of sp³-hybridized carbons (Fsp3) is 0.286. The Kier molecular flexibility index (Phi) is 5.08. The number of benzene rings is 1. The number of sulfonamides is 1. The highest BCUT2D eigenvalue weighted by Gasteiger charge is 2.17. The molecule has 0 aliphatic heterocycles. The van der Waals surface area contributed by atoms with Gasteiger partial charge in [0, 0.05) is 11.4 Å². The van der Waals surface area contributed by atoms with Crippen LogP contribution < -0.4 is 9.46 Å². The summed E-state index contributed by atoms with van der Waals surface area (Å²) >= 11 is 4.87. The first-order chi connectivity index (χ1) is 9.83. The molecule has 0 amide bonds. The molecule has 0 atom stereocenters. The van der Waals surface area contributed by atoms with E-state index in [1.807, 2.05) is 26.0 Å². The molecule has 0 aliphatic rings. The molecule has 2 rings (SSSR count). The monoisotopic (exact) mass is 389 g/mol. The number of rotatable bonds is 5. The van der Waals surface area contributed by atoms with Crippen LogP contribution in [0.1, 0.15) is 16.0 Å². The number of ether oxygens (including phenoxy) is 1. The summed E-state index contributed by atoms with van der Waals surface area (Å²) < 4.78 is 33.6. The SMILES string of the molecule is COc1c(C)cc(S(=O)(=O)NCc2ccc(Br)s2)cc1C. The number of nitrogens with one attached hydrogen (secondary N) is 1. The largest absolute Gasteiger partial charge is 0.496 e. The Morgan fingerprint density at radius 1 is 1.24 bits per heavy atom. The van der Waals surface area contributed by atoms with Crippen molar-refractivity contribution in [2.45, 2.75) is 25.3 Å². The van der Waals surface area contributed by atoms with Gasteiger partial charge < -0.3 is 4.74 Å². The second kappa shape index (κ2) is 6.48. The van der Waals surface area contributed by atoms with Crippen LogP contribution in [0, 0.1) is 13.8 Å². The van der Waals surface area contributed by atoms with Gasteiger partial charge in [0.1, 0.15) is 5.75 Å². The molecule has 4 nitrogen and oxygen atoms in total. The fourth-order valence-electron chi connectivity index (χ4n) is 2.08. The molecule has 1 aromatic carbocycles. The van der Waals surface area contributed by atoms with Crippen molar-refractivity contribution >= 4 is 37.3 Å². The van der Waals surface area contributed by atoms with Crippen LogP contribution in [0.5, 0.6) is 5.75 Å². The minimum absolute atomic E-state index is 0.258. The number of hydrogen-bond donors (Lipinski definition) is 1. The highest BCUT2D eigenvalue weighted by molar-refractivity contribution is 9.11. The lowest BCUT2D eigenvalue weighted by atomic mass is 10.1. The molecule has 21 heavy (non-hydrogen) atoms. The Morgan fingerprint density at radius 3 is 2.33 bits per heavy atom. The molecular formula is C14H16BrNO3S2. The third-order valence-corrected chi connectivity index (χ3v) is 6.02. The number of halogens is 1. The Hall–Kier alpha value is -0.890. The van der Waals surface area contributed by atoms with E-state index in [0.717, 1.165) is 25.5 Å². The van der Waals surface area contributed by atoms with Crippen LogP contribution in [0.15, 0.2) is 32.9 Å². The van der Waals surface area contributed by atoms with E-state index in [1.54, 1.807) is 19.2 Å². The molecular weight excluding hydrogens is 374 g/mol. The maximum atomic E-state index is 12.4. The number of methoxy groups -OCH3 is 1. The zero-order valence-corrected chi connectivity index (χ0v) is 15.2. The van der Waals surface area contributed by atoms with Crippen LogP contribution in [0.4, 0.5) is 0 Å². The van der Waals surface area contributed by atoms with Crippen LogP contribution in [-0.4, -0.2) is 15.5 Å². The highest BCUT2D eigenvalue weighted by Crippen LogP contribution is 2.27. The summed E-state index contributed by atoms with van der Waals surface area (Å²) in [5.74, 6) is 0.719. The van der Waals surface area contributed by atoms with E-state index in [0.29, 0.717) is 0 Å². The van der Waals surface area contributed by atoms with Gasteiger partial charge in [-0.15, -0.1) is 11.3 Å². The van der Waals surface area contributed by atoms with Gasteiger partial charge in [-0.05, 0) is 65.2 Å². The van der Waals surface area contributed by atoms with Crippen LogP contribution in [0.25, 0.3) is 0 Å². The third-order valence-electron chi connectivity index (χ3n) is 3.01. The van der Waals surface area contributed by atoms with Crippen molar-refractivity contribution in [1.29, 1.82) is 0 Å². The number of hydrogen-bond acceptors (Lipinski definition) is 4. The van der Waals surface area contributed by atoms with Gasteiger partial charge in [-0.2, -0.15) is 0 Å². The van der Waals surface area contributed by atoms with E-state index >= 15 is 0 Å². The first-order valence-electron chi connectivity index (χ1n) is 6.22. The standard InChI is InChI=1S/C14H16BrNO3S2/c1-9-6-12(7-10(2)14(9)19-3)21(17,18)16-8-11-4-5-13(15)20-11/h4-7,16H,8H2,1-3H3. The molecule has 1 N–H and O–H groups in total. The zero-order valence-electron chi connectivity index (χ0n) is 11.9. The lowest BCUT2D eigenvalue weighted by molar-refractivity contribution is 0.408. The molecule has 0 bridgehead atoms. The highest BCUT2D eigenvalue weighted by atomic mass is 79.9. The van der Waals surface area contributed by atoms with Crippen molar-refractivity contribution in [3.63, 3.8) is 0 Å². The third kappa shape index (κ3) is 3.85. The second-order valence-corrected chi connectivity index (χ2v) is 8.94. The van der Waals surface area contributed by atoms with Crippen molar-refractivity contribution in [3.8, 4) is 5.75 Å². The summed E-state index contributed by atoms with van der Waals surface area (Å²) in [6.45, 7) is 3.95. The number of thiophene rings is 1. The van der Waals surface area contributed by atoms with Gasteiger partial charge in [0.25, 0.3) is 0 Å². The van der Waals surface area contributed by atoms with E-state index in [2.05, 4.69) is 20.7 Å². The molecule has 0 unspecified atom stereocenters. The molecule has 7 heteroatoms. The number of aryl methyl sites for hydroxylation is 2. The maximum absolute atomic E-state index is 12.4. The van der Waals surface area contributed by atoms with Crippen molar-refractivity contribution in [2.75, 3.05) is 7.11 Å². The summed E-state index contributed by atoms with van der Waals surface area (Å²) in [4.78, 5) is 1.21. The Balaban J connectivity index is 2.23. The van der Waals surface area contributed by atoms with Gasteiger partial charge in [0.15, 0.2) is 0 Å². The van der Waals surface area contributed by atoms with E-state index in [1.165, 1.54) is 11.3 Å². The van der Waals surface area contributed by atoms with Crippen LogP contribution >= 0.6 is 27.3 Å². The molecule has 0 spiro atoms. The maximum Gasteiger partial charge on any atom is 0.240 e. The molecule has 0 fully saturated rings. The van der Waals surface area contributed by atoms with E-state index in [9.17, 15) is 8.42 Å². The van der Waals surface area contributed by atoms with Gasteiger partial charge in [0.05, 0.1) is 15.8 Å². The normalized spacial score (nSPS) is 11.6. The molecule has 1 aromatic heterocycles. The minimum atomic E-state index is -3.53. The predicted octanol–water partition coefficient (Wildman–Crippen LogP) is 3.61. The molecule has 1 heterocycles. The first kappa shape index (κ1) is 16.5. The molecule has 114 valence electrons. The molecule has 0 saturated carbocycles. The minimum Gasteiger partial charge on any atom is -0.496 e. The van der Waals surface area contributed by atoms with Crippen LogP contribution in [0.2, 0.25) is 0 Å². The van der Waals surface area contributed by atoms with Crippen LogP contribution in [-0.2, 0) is 16.6 Å². The van der Waals surface area contributed by atoms with E-state index in [4.69, 9.17) is 4.74 Å². The van der Waals surface area contributed by atoms with Crippen molar-refractivity contribution in [2.24, 2.45) is 0 Å². The van der Waals surface area contributed by atoms with Gasteiger partial charge in [-0.25, -0.2) is 13.1 Å². The van der Waals surface area contributed by atoms with Crippen LogP contribution in [0.3, 0.4) is 0 Å². The van der Waals surface area contributed by atoms with E-state index < -0.39 is 10.0 Å². The Labute approximate surface area is 137 Å². The summed E-state index contributed by atoms with van der Waals surface area (Å²) in [5.41, 5.74) is 1.61. The summed E-state index contributed by atoms with van der Waals surface area (Å²) in [7, 11) is -1.95. The summed E-state index contributed by atoms with van der Waals surface area (Å²) in [5, 5.41) is 0. The molecule has 0 radical (unpaired) electrons. The van der Waals surface area contributed by atoms with E-state index in [-0.39, 0.29) is 11.4 Å². The zero-order chi connectivity index (χ0) is 15.6. The Morgan fingerprint density at radius 2 is 1.86 bits per heavy atom. The first-order valence-corrected chi connectivity index (χ1v) is 9.32. The van der Waals surface area contributed by atoms with Crippen molar-refractivity contribution in [1.82, 2.24) is 4.72 Å². The average molecular weight is 390 g/mol. The molecule has 0 saturated heterocycles. The Bertz CT molecular complexity index is 730. The fourth-order valence-corrected chi connectivity index (χ4v) is 4.77.